The molecule has 4 aromatic rings. The lowest BCUT2D eigenvalue weighted by Gasteiger charge is -2.12. The van der Waals surface area contributed by atoms with Gasteiger partial charge < -0.3 is 22.9 Å². The van der Waals surface area contributed by atoms with Crippen LogP contribution in [0.15, 0.2) is 53.1 Å². The van der Waals surface area contributed by atoms with E-state index < -0.39 is 5.82 Å². The van der Waals surface area contributed by atoms with Gasteiger partial charge in [0.2, 0.25) is 5.91 Å². The Hall–Kier alpha value is -3.03. The molecule has 180 valence electrons. The minimum absolute atomic E-state index is 0. The van der Waals surface area contributed by atoms with Crippen molar-refractivity contribution in [3.8, 4) is 11.5 Å². The second kappa shape index (κ2) is 11.6. The molecule has 4 rings (SSSR count). The van der Waals surface area contributed by atoms with Gasteiger partial charge in [0.1, 0.15) is 5.75 Å². The second-order valence-electron chi connectivity index (χ2n) is 7.47. The Labute approximate surface area is 220 Å². The van der Waals surface area contributed by atoms with Crippen LogP contribution in [0.1, 0.15) is 28.9 Å². The summed E-state index contributed by atoms with van der Waals surface area (Å²) in [5.41, 5.74) is 5.33. The highest BCUT2D eigenvalue weighted by Gasteiger charge is 2.20. The van der Waals surface area contributed by atoms with E-state index in [-0.39, 0.29) is 41.9 Å². The number of fused-ring (bicyclic) bond motifs is 1. The van der Waals surface area contributed by atoms with E-state index >= 15 is 4.39 Å². The van der Waals surface area contributed by atoms with E-state index in [0.717, 1.165) is 0 Å². The largest absolute Gasteiger partial charge is 1.00 e. The molecule has 11 heteroatoms. The topological polar surface area (TPSA) is 89.0 Å². The Balaban J connectivity index is 0.00000342. The van der Waals surface area contributed by atoms with Crippen molar-refractivity contribution in [3.05, 3.63) is 86.6 Å². The average molecular weight is 579 g/mol. The molecule has 0 spiro atoms. The molecule has 2 heterocycles. The zero-order valence-electron chi connectivity index (χ0n) is 18.3. The van der Waals surface area contributed by atoms with Crippen LogP contribution in [-0.2, 0) is 6.42 Å². The van der Waals surface area contributed by atoms with E-state index in [0.29, 0.717) is 51.2 Å². The number of aromatic nitrogens is 3. The van der Waals surface area contributed by atoms with Gasteiger partial charge in [-0.3, -0.25) is 4.79 Å². The SMILES string of the molecule is [C-]#[N+]c1cc(Cl)cc(Oc2c(Br)ccc(Cc3nn(C(=O)CCC[NH3+])c4ncccc34)c2F)c1.[Cl-]. The van der Waals surface area contributed by atoms with E-state index in [2.05, 4.69) is 36.6 Å². The maximum atomic E-state index is 15.5. The number of nitrogens with zero attached hydrogens (tertiary/aromatic N) is 4. The monoisotopic (exact) mass is 577 g/mol. The van der Waals surface area contributed by atoms with Gasteiger partial charge in [0.25, 0.3) is 0 Å². The highest BCUT2D eigenvalue weighted by Crippen LogP contribution is 2.37. The zero-order chi connectivity index (χ0) is 24.2. The first-order chi connectivity index (χ1) is 16.4. The van der Waals surface area contributed by atoms with Gasteiger partial charge in [-0.1, -0.05) is 17.7 Å². The van der Waals surface area contributed by atoms with E-state index in [4.69, 9.17) is 22.9 Å². The second-order valence-corrected chi connectivity index (χ2v) is 8.76. The molecule has 0 aliphatic carbocycles. The molecule has 0 aliphatic rings. The highest BCUT2D eigenvalue weighted by atomic mass is 79.9. The molecule has 2 aromatic heterocycles. The van der Waals surface area contributed by atoms with E-state index in [1.54, 1.807) is 24.4 Å². The molecule has 0 fully saturated rings. The first-order valence-electron chi connectivity index (χ1n) is 10.4. The molecular formula is C24H19BrCl2FN5O2. The van der Waals surface area contributed by atoms with Gasteiger partial charge in [0.05, 0.1) is 23.3 Å². The van der Waals surface area contributed by atoms with Crippen LogP contribution in [0.2, 0.25) is 5.02 Å². The number of hydrogen-bond acceptors (Lipinski definition) is 4. The number of quaternary nitrogens is 1. The van der Waals surface area contributed by atoms with Gasteiger partial charge in [-0.25, -0.2) is 14.2 Å². The number of carbonyl (C=O) groups is 1. The fraction of sp³-hybridized carbons (Fsp3) is 0.167. The quantitative estimate of drug-likeness (QED) is 0.341. The van der Waals surface area contributed by atoms with Crippen molar-refractivity contribution in [1.82, 2.24) is 14.8 Å². The van der Waals surface area contributed by atoms with Crippen LogP contribution in [0.4, 0.5) is 10.1 Å². The van der Waals surface area contributed by atoms with Crippen LogP contribution in [0.3, 0.4) is 0 Å². The van der Waals surface area contributed by atoms with Gasteiger partial charge in [0, 0.05) is 35.9 Å². The maximum absolute atomic E-state index is 15.5. The number of halogens is 4. The summed E-state index contributed by atoms with van der Waals surface area (Å²) in [4.78, 5) is 20.3. The molecule has 0 amide bonds. The third-order valence-electron chi connectivity index (χ3n) is 5.09. The number of pyridine rings is 1. The Morgan fingerprint density at radius 2 is 2.09 bits per heavy atom. The summed E-state index contributed by atoms with van der Waals surface area (Å²) in [5.74, 6) is -0.571. The Morgan fingerprint density at radius 3 is 2.83 bits per heavy atom. The van der Waals surface area contributed by atoms with Crippen molar-refractivity contribution < 1.29 is 32.1 Å². The molecule has 0 bridgehead atoms. The first-order valence-corrected chi connectivity index (χ1v) is 11.6. The van der Waals surface area contributed by atoms with Crippen molar-refractivity contribution in [2.24, 2.45) is 0 Å². The summed E-state index contributed by atoms with van der Waals surface area (Å²) in [6, 6.07) is 11.3. The molecule has 2 aromatic carbocycles. The van der Waals surface area contributed by atoms with Crippen LogP contribution < -0.4 is 22.9 Å². The van der Waals surface area contributed by atoms with E-state index in [1.165, 1.54) is 22.9 Å². The molecule has 3 N–H and O–H groups in total. The Morgan fingerprint density at radius 1 is 1.29 bits per heavy atom. The third-order valence-corrected chi connectivity index (χ3v) is 5.93. The number of rotatable bonds is 7. The summed E-state index contributed by atoms with van der Waals surface area (Å²) in [7, 11) is 0. The standard InChI is InChI=1S/C24H18BrClFN5O2.ClH/c1-29-16-11-15(26)12-17(13-16)34-23-19(25)7-6-14(22(23)27)10-20-18-4-3-9-30-24(18)32(31-20)21(33)5-2-8-28;/h3-4,6-7,9,11-13H,2,5,8,10,28H2;1H. The molecular weight excluding hydrogens is 560 g/mol. The molecule has 0 aliphatic heterocycles. The number of hydrogen-bond donors (Lipinski definition) is 1. The van der Waals surface area contributed by atoms with Gasteiger partial charge in [-0.05, 0) is 57.9 Å². The van der Waals surface area contributed by atoms with Gasteiger partial charge >= 0.3 is 0 Å². The summed E-state index contributed by atoms with van der Waals surface area (Å²) in [6.45, 7) is 7.82. The van der Waals surface area contributed by atoms with E-state index in [9.17, 15) is 4.79 Å². The summed E-state index contributed by atoms with van der Waals surface area (Å²) in [6.07, 6.45) is 2.65. The lowest BCUT2D eigenvalue weighted by molar-refractivity contribution is -0.368. The average Bonchev–Trinajstić information content (AvgIpc) is 3.20. The van der Waals surface area contributed by atoms with E-state index in [1.807, 2.05) is 6.07 Å². The Bertz CT molecular complexity index is 1440. The highest BCUT2D eigenvalue weighted by molar-refractivity contribution is 9.10. The molecule has 0 unspecified atom stereocenters. The fourth-order valence-electron chi connectivity index (χ4n) is 3.47. The van der Waals surface area contributed by atoms with Crippen molar-refractivity contribution >= 4 is 50.2 Å². The van der Waals surface area contributed by atoms with Crippen LogP contribution in [0, 0.1) is 12.4 Å². The van der Waals surface area contributed by atoms with Crippen molar-refractivity contribution in [2.45, 2.75) is 19.3 Å². The summed E-state index contributed by atoms with van der Waals surface area (Å²) >= 11 is 9.38. The Kier molecular flexibility index (Phi) is 8.81. The minimum Gasteiger partial charge on any atom is -1.00 e. The van der Waals surface area contributed by atoms with Crippen molar-refractivity contribution in [1.29, 1.82) is 0 Å². The number of benzene rings is 2. The molecule has 0 saturated heterocycles. The molecule has 35 heavy (non-hydrogen) atoms. The van der Waals surface area contributed by atoms with Crippen LogP contribution in [0.25, 0.3) is 15.9 Å². The lowest BCUT2D eigenvalue weighted by atomic mass is 10.1. The normalized spacial score (nSPS) is 10.6. The predicted molar refractivity (Wildman–Crippen MR) is 130 cm³/mol. The van der Waals surface area contributed by atoms with Crippen LogP contribution in [-0.4, -0.2) is 27.2 Å². The maximum Gasteiger partial charge on any atom is 0.249 e. The minimum atomic E-state index is -0.589. The number of ether oxygens (including phenoxy) is 1. The first kappa shape index (κ1) is 26.6. The summed E-state index contributed by atoms with van der Waals surface area (Å²) in [5, 5.41) is 5.45. The van der Waals surface area contributed by atoms with Gasteiger partial charge in [0.15, 0.2) is 22.9 Å². The molecule has 7 nitrogen and oxygen atoms in total. The molecule has 0 saturated carbocycles. The zero-order valence-corrected chi connectivity index (χ0v) is 21.4. The third kappa shape index (κ3) is 5.80. The van der Waals surface area contributed by atoms with Crippen LogP contribution >= 0.6 is 27.5 Å². The predicted octanol–water partition coefficient (Wildman–Crippen LogP) is 2.59. The number of carbonyl (C=O) groups excluding carboxylic acids is 1. The lowest BCUT2D eigenvalue weighted by Crippen LogP contribution is -3.00. The van der Waals surface area contributed by atoms with Crippen LogP contribution in [0.5, 0.6) is 11.5 Å². The van der Waals surface area contributed by atoms with Crippen molar-refractivity contribution in [2.75, 3.05) is 6.54 Å². The molecule has 0 radical (unpaired) electrons. The fourth-order valence-corrected chi connectivity index (χ4v) is 4.08. The summed E-state index contributed by atoms with van der Waals surface area (Å²) < 4.78 is 23.0. The van der Waals surface area contributed by atoms with Gasteiger partial charge in [-0.15, -0.1) is 0 Å². The van der Waals surface area contributed by atoms with Crippen molar-refractivity contribution in [3.63, 3.8) is 0 Å². The molecule has 0 atom stereocenters. The smallest absolute Gasteiger partial charge is 0.249 e. The van der Waals surface area contributed by atoms with Gasteiger partial charge in [-0.2, -0.15) is 9.78 Å².